The number of carbonyl (C=O) groups excluding carboxylic acids is 2. The third-order valence-electron chi connectivity index (χ3n) is 5.37. The Morgan fingerprint density at radius 1 is 1.14 bits per heavy atom. The van der Waals surface area contributed by atoms with E-state index in [1.807, 2.05) is 24.3 Å². The van der Waals surface area contributed by atoms with Crippen molar-refractivity contribution in [2.75, 3.05) is 26.7 Å². The van der Waals surface area contributed by atoms with Gasteiger partial charge in [-0.25, -0.2) is 4.39 Å². The molecule has 1 aliphatic heterocycles. The minimum absolute atomic E-state index is 0.0362. The zero-order chi connectivity index (χ0) is 20.6. The van der Waals surface area contributed by atoms with E-state index >= 15 is 0 Å². The molecule has 1 fully saturated rings. The molecule has 1 saturated heterocycles. The maximum Gasteiger partial charge on any atom is 0.227 e. The highest BCUT2D eigenvalue weighted by Crippen LogP contribution is 2.19. The van der Waals surface area contributed by atoms with E-state index in [1.54, 1.807) is 30.2 Å². The first-order valence-corrected chi connectivity index (χ1v) is 9.98. The third kappa shape index (κ3) is 5.79. The fraction of sp³-hybridized carbons (Fsp3) is 0.391. The summed E-state index contributed by atoms with van der Waals surface area (Å²) >= 11 is 0. The van der Waals surface area contributed by atoms with Gasteiger partial charge < -0.3 is 15.0 Å². The molecule has 2 aromatic rings. The second-order valence-electron chi connectivity index (χ2n) is 7.32. The predicted octanol–water partition coefficient (Wildman–Crippen LogP) is 2.97. The molecule has 0 atom stereocenters. The van der Waals surface area contributed by atoms with Crippen molar-refractivity contribution in [3.8, 4) is 5.75 Å². The van der Waals surface area contributed by atoms with E-state index in [0.717, 1.165) is 17.7 Å². The maximum absolute atomic E-state index is 13.7. The topological polar surface area (TPSA) is 58.6 Å². The van der Waals surface area contributed by atoms with Crippen LogP contribution >= 0.6 is 0 Å². The number of ether oxygens (including phenoxy) is 1. The van der Waals surface area contributed by atoms with Gasteiger partial charge in [0.25, 0.3) is 0 Å². The number of nitrogens with zero attached hydrogens (tertiary/aromatic N) is 1. The van der Waals surface area contributed by atoms with Gasteiger partial charge in [0, 0.05) is 25.6 Å². The first-order chi connectivity index (χ1) is 14.1. The third-order valence-corrected chi connectivity index (χ3v) is 5.37. The van der Waals surface area contributed by atoms with Gasteiger partial charge in [0.15, 0.2) is 0 Å². The van der Waals surface area contributed by atoms with Crippen LogP contribution in [0, 0.1) is 11.7 Å². The maximum atomic E-state index is 13.7. The Bertz CT molecular complexity index is 848. The molecule has 0 unspecified atom stereocenters. The van der Waals surface area contributed by atoms with Gasteiger partial charge in [-0.2, -0.15) is 0 Å². The van der Waals surface area contributed by atoms with E-state index in [9.17, 15) is 14.0 Å². The van der Waals surface area contributed by atoms with Crippen molar-refractivity contribution in [1.29, 1.82) is 0 Å². The molecule has 0 aliphatic carbocycles. The van der Waals surface area contributed by atoms with Gasteiger partial charge in [-0.05, 0) is 48.6 Å². The summed E-state index contributed by atoms with van der Waals surface area (Å²) in [5, 5.41) is 3.00. The Morgan fingerprint density at radius 3 is 2.62 bits per heavy atom. The number of methoxy groups -OCH3 is 1. The Morgan fingerprint density at radius 2 is 1.90 bits per heavy atom. The summed E-state index contributed by atoms with van der Waals surface area (Å²) in [6.07, 6.45) is 2.06. The predicted molar refractivity (Wildman–Crippen MR) is 109 cm³/mol. The van der Waals surface area contributed by atoms with E-state index in [4.69, 9.17) is 4.74 Å². The molecule has 29 heavy (non-hydrogen) atoms. The van der Waals surface area contributed by atoms with Crippen LogP contribution in [0.1, 0.15) is 24.0 Å². The van der Waals surface area contributed by atoms with Crippen molar-refractivity contribution in [2.45, 2.75) is 25.7 Å². The lowest BCUT2D eigenvalue weighted by atomic mass is 9.95. The minimum Gasteiger partial charge on any atom is -0.497 e. The Kier molecular flexibility index (Phi) is 7.22. The number of piperidine rings is 1. The number of amides is 2. The van der Waals surface area contributed by atoms with Crippen molar-refractivity contribution in [3.63, 3.8) is 0 Å². The Labute approximate surface area is 170 Å². The molecule has 0 spiro atoms. The van der Waals surface area contributed by atoms with E-state index in [2.05, 4.69) is 5.32 Å². The number of likely N-dealkylation sites (tertiary alicyclic amines) is 1. The molecule has 1 N–H and O–H groups in total. The van der Waals surface area contributed by atoms with Gasteiger partial charge in [0.05, 0.1) is 13.5 Å². The number of benzene rings is 2. The summed E-state index contributed by atoms with van der Waals surface area (Å²) in [5.41, 5.74) is 1.52. The molecule has 0 radical (unpaired) electrons. The first kappa shape index (κ1) is 20.8. The summed E-state index contributed by atoms with van der Waals surface area (Å²) in [5.74, 6) is 0.311. The van der Waals surface area contributed by atoms with Crippen LogP contribution in [0.3, 0.4) is 0 Å². The van der Waals surface area contributed by atoms with E-state index in [0.29, 0.717) is 38.0 Å². The number of nitrogens with one attached hydrogen (secondary N) is 1. The van der Waals surface area contributed by atoms with Gasteiger partial charge in [0.2, 0.25) is 11.8 Å². The normalized spacial score (nSPS) is 14.5. The van der Waals surface area contributed by atoms with Crippen molar-refractivity contribution >= 4 is 11.8 Å². The van der Waals surface area contributed by atoms with Crippen LogP contribution in [-0.4, -0.2) is 43.5 Å². The van der Waals surface area contributed by atoms with Crippen LogP contribution in [0.2, 0.25) is 0 Å². The first-order valence-electron chi connectivity index (χ1n) is 9.98. The van der Waals surface area contributed by atoms with Crippen LogP contribution in [-0.2, 0) is 22.4 Å². The molecule has 2 aromatic carbocycles. The number of hydrogen-bond acceptors (Lipinski definition) is 3. The quantitative estimate of drug-likeness (QED) is 0.780. The molecule has 154 valence electrons. The minimum atomic E-state index is -0.355. The molecule has 6 heteroatoms. The van der Waals surface area contributed by atoms with Crippen molar-refractivity contribution in [1.82, 2.24) is 10.2 Å². The number of rotatable bonds is 7. The number of carbonyl (C=O) groups is 2. The second kappa shape index (κ2) is 10.0. The molecule has 0 saturated carbocycles. The molecule has 3 rings (SSSR count). The highest BCUT2D eigenvalue weighted by Gasteiger charge is 2.27. The van der Waals surface area contributed by atoms with E-state index in [1.165, 1.54) is 6.07 Å². The van der Waals surface area contributed by atoms with E-state index < -0.39 is 0 Å². The lowest BCUT2D eigenvalue weighted by molar-refractivity contribution is -0.135. The molecule has 1 aliphatic rings. The molecule has 2 amide bonds. The molecular formula is C23H27FN2O3. The number of halogens is 1. The molecule has 5 nitrogen and oxygen atoms in total. The molecule has 0 bridgehead atoms. The van der Waals surface area contributed by atoms with Crippen molar-refractivity contribution in [3.05, 3.63) is 65.5 Å². The summed E-state index contributed by atoms with van der Waals surface area (Å²) < 4.78 is 18.9. The van der Waals surface area contributed by atoms with Gasteiger partial charge in [0.1, 0.15) is 11.6 Å². The fourth-order valence-electron chi connectivity index (χ4n) is 3.61. The zero-order valence-corrected chi connectivity index (χ0v) is 16.7. The average molecular weight is 398 g/mol. The Balaban J connectivity index is 1.41. The van der Waals surface area contributed by atoms with Crippen molar-refractivity contribution in [2.24, 2.45) is 5.92 Å². The molecule has 1 heterocycles. The fourth-order valence-corrected chi connectivity index (χ4v) is 3.61. The van der Waals surface area contributed by atoms with Crippen LogP contribution < -0.4 is 10.1 Å². The van der Waals surface area contributed by atoms with Crippen LogP contribution in [0.4, 0.5) is 4.39 Å². The van der Waals surface area contributed by atoms with Crippen LogP contribution in [0.25, 0.3) is 0 Å². The van der Waals surface area contributed by atoms with Gasteiger partial charge in [-0.15, -0.1) is 0 Å². The standard InChI is InChI=1S/C23H27FN2O3/c1-29-20-7-4-5-17(15-20)9-12-25-23(28)18-10-13-26(14-11-18)22(27)16-19-6-2-3-8-21(19)24/h2-8,15,18H,9-14,16H2,1H3,(H,25,28). The summed E-state index contributed by atoms with van der Waals surface area (Å²) in [6, 6.07) is 14.1. The lowest BCUT2D eigenvalue weighted by Crippen LogP contribution is -2.43. The van der Waals surface area contributed by atoms with E-state index in [-0.39, 0.29) is 30.0 Å². The molecular weight excluding hydrogens is 371 g/mol. The largest absolute Gasteiger partial charge is 0.497 e. The zero-order valence-electron chi connectivity index (χ0n) is 16.7. The lowest BCUT2D eigenvalue weighted by Gasteiger charge is -2.31. The van der Waals surface area contributed by atoms with Crippen LogP contribution in [0.15, 0.2) is 48.5 Å². The van der Waals surface area contributed by atoms with Crippen molar-refractivity contribution < 1.29 is 18.7 Å². The van der Waals surface area contributed by atoms with Gasteiger partial charge in [-0.1, -0.05) is 30.3 Å². The number of hydrogen-bond donors (Lipinski definition) is 1. The van der Waals surface area contributed by atoms with Gasteiger partial charge in [-0.3, -0.25) is 9.59 Å². The highest BCUT2D eigenvalue weighted by atomic mass is 19.1. The van der Waals surface area contributed by atoms with Gasteiger partial charge >= 0.3 is 0 Å². The molecule has 0 aromatic heterocycles. The van der Waals surface area contributed by atoms with Crippen LogP contribution in [0.5, 0.6) is 5.75 Å². The monoisotopic (exact) mass is 398 g/mol. The Hall–Kier alpha value is -2.89. The SMILES string of the molecule is COc1cccc(CCNC(=O)C2CCN(C(=O)Cc3ccccc3F)CC2)c1. The smallest absolute Gasteiger partial charge is 0.227 e. The average Bonchev–Trinajstić information content (AvgIpc) is 2.75. The summed E-state index contributed by atoms with van der Waals surface area (Å²) in [6.45, 7) is 1.63. The second-order valence-corrected chi connectivity index (χ2v) is 7.32. The summed E-state index contributed by atoms with van der Waals surface area (Å²) in [4.78, 5) is 26.6. The highest BCUT2D eigenvalue weighted by molar-refractivity contribution is 5.81. The summed E-state index contributed by atoms with van der Waals surface area (Å²) in [7, 11) is 1.63.